The molecule has 4 aromatic rings. The molecule has 25 heavy (non-hydrogen) atoms. The van der Waals surface area contributed by atoms with E-state index in [1.54, 1.807) is 0 Å². The number of fused-ring (bicyclic) bond motifs is 1. The Morgan fingerprint density at radius 1 is 0.600 bits per heavy atom. The summed E-state index contributed by atoms with van der Waals surface area (Å²) in [5.74, 6) is 0.641. The second kappa shape index (κ2) is 6.84. The minimum atomic E-state index is 0.641. The van der Waals surface area contributed by atoms with Gasteiger partial charge in [0.05, 0.1) is 0 Å². The maximum atomic E-state index is 9.06. The van der Waals surface area contributed by atoms with Crippen LogP contribution in [0.25, 0.3) is 33.0 Å². The lowest BCUT2D eigenvalue weighted by Crippen LogP contribution is -2.00. The summed E-state index contributed by atoms with van der Waals surface area (Å²) in [6.07, 6.45) is 0. The van der Waals surface area contributed by atoms with Gasteiger partial charge in [-0.1, -0.05) is 84.9 Å². The van der Waals surface area contributed by atoms with Crippen LogP contribution in [0.15, 0.2) is 91.0 Å². The lowest BCUT2D eigenvalue weighted by atomic mass is 9.95. The maximum absolute atomic E-state index is 9.06. The summed E-state index contributed by atoms with van der Waals surface area (Å²) in [4.78, 5) is 0. The van der Waals surface area contributed by atoms with Gasteiger partial charge >= 0.3 is 7.69 Å². The summed E-state index contributed by atoms with van der Waals surface area (Å²) in [7, 11) is 0.726. The zero-order chi connectivity index (χ0) is 17.1. The van der Waals surface area contributed by atoms with Crippen LogP contribution >= 0.6 is 0 Å². The maximum Gasteiger partial charge on any atom is 0.569 e. The van der Waals surface area contributed by atoms with E-state index in [2.05, 4.69) is 42.5 Å². The number of hydrogen-bond acceptors (Lipinski definition) is 2. The second-order valence-electron chi connectivity index (χ2n) is 5.83. The zero-order valence-electron chi connectivity index (χ0n) is 13.6. The van der Waals surface area contributed by atoms with Crippen molar-refractivity contribution in [2.45, 2.75) is 0 Å². The first-order valence-corrected chi connectivity index (χ1v) is 8.17. The van der Waals surface area contributed by atoms with Crippen molar-refractivity contribution in [2.75, 3.05) is 0 Å². The minimum absolute atomic E-state index is 0.641. The lowest BCUT2D eigenvalue weighted by molar-refractivity contribution is 0.457. The Kier molecular flexibility index (Phi) is 4.24. The highest BCUT2D eigenvalue weighted by Gasteiger charge is 2.09. The molecule has 0 aromatic heterocycles. The van der Waals surface area contributed by atoms with Gasteiger partial charge in [0.2, 0.25) is 0 Å². The van der Waals surface area contributed by atoms with Gasteiger partial charge in [0.25, 0.3) is 0 Å². The number of benzene rings is 4. The van der Waals surface area contributed by atoms with Gasteiger partial charge in [-0.2, -0.15) is 0 Å². The van der Waals surface area contributed by atoms with E-state index in [1.165, 1.54) is 11.1 Å². The molecule has 0 saturated carbocycles. The normalized spacial score (nSPS) is 10.6. The van der Waals surface area contributed by atoms with E-state index in [1.807, 2.05) is 48.5 Å². The summed E-state index contributed by atoms with van der Waals surface area (Å²) in [5.41, 5.74) is 4.57. The first kappa shape index (κ1) is 15.5. The van der Waals surface area contributed by atoms with Gasteiger partial charge in [-0.3, -0.25) is 0 Å². The first-order chi connectivity index (χ1) is 12.4. The lowest BCUT2D eigenvalue weighted by Gasteiger charge is -2.12. The van der Waals surface area contributed by atoms with Crippen LogP contribution in [0.4, 0.5) is 0 Å². The van der Waals surface area contributed by atoms with Crippen molar-refractivity contribution in [1.82, 2.24) is 0 Å². The van der Waals surface area contributed by atoms with Crippen LogP contribution < -0.4 is 4.65 Å². The third-order valence-corrected chi connectivity index (χ3v) is 4.35. The molecule has 3 heteroatoms. The molecule has 0 saturated heterocycles. The smallest absolute Gasteiger partial charge is 0.537 e. The van der Waals surface area contributed by atoms with Crippen molar-refractivity contribution < 1.29 is 9.68 Å². The van der Waals surface area contributed by atoms with Crippen LogP contribution in [0.1, 0.15) is 0 Å². The van der Waals surface area contributed by atoms with Gasteiger partial charge in [-0.15, -0.1) is 0 Å². The molecule has 0 unspecified atom stereocenters. The molecule has 119 valence electrons. The van der Waals surface area contributed by atoms with E-state index in [0.717, 1.165) is 29.6 Å². The molecule has 1 N–H and O–H groups in total. The molecule has 4 rings (SSSR count). The van der Waals surface area contributed by atoms with Gasteiger partial charge in [0.15, 0.2) is 0 Å². The van der Waals surface area contributed by atoms with E-state index in [9.17, 15) is 0 Å². The fourth-order valence-corrected chi connectivity index (χ4v) is 3.17. The zero-order valence-corrected chi connectivity index (χ0v) is 13.6. The van der Waals surface area contributed by atoms with Crippen LogP contribution in [0, 0.1) is 0 Å². The predicted molar refractivity (Wildman–Crippen MR) is 103 cm³/mol. The molecule has 4 aromatic carbocycles. The summed E-state index contributed by atoms with van der Waals surface area (Å²) >= 11 is 0. The third kappa shape index (κ3) is 3.02. The van der Waals surface area contributed by atoms with E-state index in [-0.39, 0.29) is 0 Å². The monoisotopic (exact) mass is 323 g/mol. The fraction of sp³-hybridized carbons (Fsp3) is 0. The van der Waals surface area contributed by atoms with Crippen LogP contribution in [0.2, 0.25) is 0 Å². The molecule has 0 fully saturated rings. The summed E-state index contributed by atoms with van der Waals surface area (Å²) < 4.78 is 5.30. The molecule has 0 spiro atoms. The molecule has 0 atom stereocenters. The van der Waals surface area contributed by atoms with E-state index < -0.39 is 0 Å². The van der Waals surface area contributed by atoms with Crippen molar-refractivity contribution in [3.05, 3.63) is 91.0 Å². The Bertz CT molecular complexity index is 990. The Morgan fingerprint density at radius 3 is 1.96 bits per heavy atom. The van der Waals surface area contributed by atoms with Gasteiger partial charge in [-0.05, 0) is 33.7 Å². The highest BCUT2D eigenvalue weighted by atomic mass is 16.5. The number of hydrogen-bond donors (Lipinski definition) is 1. The molecule has 1 radical (unpaired) electrons. The Hall–Kier alpha value is -3.04. The highest BCUT2D eigenvalue weighted by Crippen LogP contribution is 2.36. The van der Waals surface area contributed by atoms with Crippen molar-refractivity contribution in [3.63, 3.8) is 0 Å². The van der Waals surface area contributed by atoms with Crippen LogP contribution in [-0.2, 0) is 0 Å². The van der Waals surface area contributed by atoms with Crippen LogP contribution in [-0.4, -0.2) is 12.7 Å². The molecule has 0 amide bonds. The molecule has 0 aliphatic carbocycles. The van der Waals surface area contributed by atoms with Crippen LogP contribution in [0.3, 0.4) is 0 Å². The molecule has 0 heterocycles. The predicted octanol–water partition coefficient (Wildman–Crippen LogP) is 5.08. The van der Waals surface area contributed by atoms with E-state index >= 15 is 0 Å². The summed E-state index contributed by atoms with van der Waals surface area (Å²) in [6.45, 7) is 0. The molecule has 0 aliphatic rings. The van der Waals surface area contributed by atoms with Gasteiger partial charge in [0, 0.05) is 5.39 Å². The summed E-state index contributed by atoms with van der Waals surface area (Å²) in [6, 6.07) is 30.8. The quantitative estimate of drug-likeness (QED) is 0.531. The van der Waals surface area contributed by atoms with Crippen molar-refractivity contribution >= 4 is 18.5 Å². The Balaban J connectivity index is 1.82. The second-order valence-corrected chi connectivity index (χ2v) is 5.83. The average molecular weight is 323 g/mol. The Morgan fingerprint density at radius 2 is 1.24 bits per heavy atom. The fourth-order valence-electron chi connectivity index (χ4n) is 3.17. The van der Waals surface area contributed by atoms with Gasteiger partial charge < -0.3 is 9.68 Å². The average Bonchev–Trinajstić information content (AvgIpc) is 2.69. The minimum Gasteiger partial charge on any atom is -0.537 e. The molecular weight excluding hydrogens is 307 g/mol. The molecule has 0 bridgehead atoms. The van der Waals surface area contributed by atoms with E-state index in [0.29, 0.717) is 5.75 Å². The Labute approximate surface area is 147 Å². The number of rotatable bonds is 4. The van der Waals surface area contributed by atoms with Crippen molar-refractivity contribution in [2.24, 2.45) is 0 Å². The van der Waals surface area contributed by atoms with Crippen molar-refractivity contribution in [3.8, 4) is 28.0 Å². The molecular formula is C22H16BO2. The SMILES string of the molecule is O[B]Oc1cccc2cccc(-c3ccc(-c4ccccc4)cc3)c12. The largest absolute Gasteiger partial charge is 0.569 e. The topological polar surface area (TPSA) is 29.5 Å². The van der Waals surface area contributed by atoms with Gasteiger partial charge in [0.1, 0.15) is 5.75 Å². The third-order valence-electron chi connectivity index (χ3n) is 4.35. The first-order valence-electron chi connectivity index (χ1n) is 8.17. The summed E-state index contributed by atoms with van der Waals surface area (Å²) in [5, 5.41) is 11.1. The molecule has 2 nitrogen and oxygen atoms in total. The molecule has 0 aliphatic heterocycles. The highest BCUT2D eigenvalue weighted by molar-refractivity contribution is 6.18. The van der Waals surface area contributed by atoms with Crippen molar-refractivity contribution in [1.29, 1.82) is 0 Å². The standard InChI is InChI=1S/C22H16BO2/c24-23-25-21-11-5-9-19-8-4-10-20(22(19)21)18-14-12-17(13-15-18)16-6-2-1-3-7-16/h1-15,24H. The van der Waals surface area contributed by atoms with Crippen LogP contribution in [0.5, 0.6) is 5.75 Å². The van der Waals surface area contributed by atoms with E-state index in [4.69, 9.17) is 9.68 Å². The van der Waals surface area contributed by atoms with Gasteiger partial charge in [-0.25, -0.2) is 0 Å².